The minimum absolute atomic E-state index is 0.219. The van der Waals surface area contributed by atoms with E-state index in [1.165, 1.54) is 0 Å². The quantitative estimate of drug-likeness (QED) is 0.265. The maximum Gasteiger partial charge on any atom is 0.258 e. The molecule has 42 heavy (non-hydrogen) atoms. The second-order valence-electron chi connectivity index (χ2n) is 10.9. The van der Waals surface area contributed by atoms with Gasteiger partial charge in [0.05, 0.1) is 18.2 Å². The first kappa shape index (κ1) is 27.9. The predicted molar refractivity (Wildman–Crippen MR) is 165 cm³/mol. The summed E-state index contributed by atoms with van der Waals surface area (Å²) < 4.78 is 17.1. The second-order valence-corrected chi connectivity index (χ2v) is 10.9. The molecule has 0 atom stereocenters. The van der Waals surface area contributed by atoms with Gasteiger partial charge in [0, 0.05) is 67.8 Å². The third kappa shape index (κ3) is 6.29. The van der Waals surface area contributed by atoms with Crippen LogP contribution in [0.2, 0.25) is 0 Å². The number of carbonyl (C=O) groups excluding carboxylic acids is 1. The van der Waals surface area contributed by atoms with Crippen LogP contribution in [0.25, 0.3) is 10.9 Å². The van der Waals surface area contributed by atoms with Crippen molar-refractivity contribution < 1.29 is 19.0 Å². The van der Waals surface area contributed by atoms with E-state index >= 15 is 0 Å². The zero-order valence-electron chi connectivity index (χ0n) is 24.2. The number of H-pyrrole nitrogens is 1. The molecule has 1 aromatic heterocycles. The lowest BCUT2D eigenvalue weighted by Gasteiger charge is -2.34. The molecule has 0 bridgehead atoms. The minimum Gasteiger partial charge on any atom is -0.496 e. The van der Waals surface area contributed by atoms with Crippen molar-refractivity contribution in [3.05, 3.63) is 71.8 Å². The van der Waals surface area contributed by atoms with Gasteiger partial charge >= 0.3 is 0 Å². The molecule has 1 amide bonds. The Bertz CT molecular complexity index is 1520. The van der Waals surface area contributed by atoms with Crippen LogP contribution in [-0.2, 0) is 11.3 Å². The zero-order valence-corrected chi connectivity index (χ0v) is 24.2. The number of ether oxygens (including phenoxy) is 3. The Morgan fingerprint density at radius 2 is 1.86 bits per heavy atom. The number of carbonyl (C=O) groups is 1. The molecule has 0 saturated carbocycles. The van der Waals surface area contributed by atoms with Crippen LogP contribution in [0.3, 0.4) is 0 Å². The number of hydrogen-bond acceptors (Lipinski definition) is 8. The van der Waals surface area contributed by atoms with Crippen molar-refractivity contribution in [2.45, 2.75) is 25.5 Å². The molecule has 3 N–H and O–H groups in total. The van der Waals surface area contributed by atoms with Crippen LogP contribution in [0.15, 0.2) is 60.7 Å². The predicted octanol–water partition coefficient (Wildman–Crippen LogP) is 4.75. The number of rotatable bonds is 9. The summed E-state index contributed by atoms with van der Waals surface area (Å²) in [6, 6.07) is 19.8. The Morgan fingerprint density at radius 3 is 2.67 bits per heavy atom. The van der Waals surface area contributed by atoms with E-state index in [9.17, 15) is 4.79 Å². The van der Waals surface area contributed by atoms with Gasteiger partial charge in [-0.05, 0) is 62.4 Å². The van der Waals surface area contributed by atoms with E-state index in [1.807, 2.05) is 54.6 Å². The SMILES string of the molecule is COc1ccccc1COc1ccc2[nH]nc(NC(=O)c3ccc(N4CCN(C)CC4)cc3NC3CCOCC3)c2c1. The minimum atomic E-state index is -0.219. The number of nitrogens with one attached hydrogen (secondary N) is 3. The third-order valence-corrected chi connectivity index (χ3v) is 8.05. The van der Waals surface area contributed by atoms with E-state index in [1.54, 1.807) is 7.11 Å². The Kier molecular flexibility index (Phi) is 8.43. The van der Waals surface area contributed by atoms with Crippen LogP contribution >= 0.6 is 0 Å². The highest BCUT2D eigenvalue weighted by atomic mass is 16.5. The lowest BCUT2D eigenvalue weighted by Crippen LogP contribution is -2.44. The van der Waals surface area contributed by atoms with E-state index in [0.29, 0.717) is 23.7 Å². The molecule has 0 aliphatic carbocycles. The Labute approximate surface area is 245 Å². The van der Waals surface area contributed by atoms with Gasteiger partial charge in [0.1, 0.15) is 18.1 Å². The number of hydrogen-bond donors (Lipinski definition) is 3. The molecular weight excluding hydrogens is 532 g/mol. The van der Waals surface area contributed by atoms with E-state index < -0.39 is 0 Å². The molecule has 2 aliphatic heterocycles. The molecule has 6 rings (SSSR count). The summed E-state index contributed by atoms with van der Waals surface area (Å²) >= 11 is 0. The smallest absolute Gasteiger partial charge is 0.258 e. The van der Waals surface area contributed by atoms with Gasteiger partial charge in [0.15, 0.2) is 5.82 Å². The highest BCUT2D eigenvalue weighted by Crippen LogP contribution is 2.30. The molecule has 0 unspecified atom stereocenters. The number of para-hydroxylation sites is 1. The molecule has 10 heteroatoms. The summed E-state index contributed by atoms with van der Waals surface area (Å²) in [5.74, 6) is 1.68. The van der Waals surface area contributed by atoms with Gasteiger partial charge < -0.3 is 34.6 Å². The van der Waals surface area contributed by atoms with Crippen molar-refractivity contribution >= 4 is 34.0 Å². The zero-order chi connectivity index (χ0) is 28.9. The Balaban J connectivity index is 1.22. The number of aromatic nitrogens is 2. The number of aromatic amines is 1. The van der Waals surface area contributed by atoms with E-state index in [0.717, 1.165) is 85.8 Å². The highest BCUT2D eigenvalue weighted by molar-refractivity contribution is 6.11. The maximum absolute atomic E-state index is 13.7. The van der Waals surface area contributed by atoms with Gasteiger partial charge in [-0.25, -0.2) is 0 Å². The maximum atomic E-state index is 13.7. The van der Waals surface area contributed by atoms with E-state index in [-0.39, 0.29) is 11.9 Å². The number of fused-ring (bicyclic) bond motifs is 1. The summed E-state index contributed by atoms with van der Waals surface area (Å²) in [5.41, 5.74) is 4.29. The lowest BCUT2D eigenvalue weighted by atomic mass is 10.1. The average Bonchev–Trinajstić information content (AvgIpc) is 3.42. The molecular formula is C32H38N6O4. The van der Waals surface area contributed by atoms with Crippen LogP contribution in [0.4, 0.5) is 17.2 Å². The van der Waals surface area contributed by atoms with Gasteiger partial charge in [-0.1, -0.05) is 18.2 Å². The molecule has 0 radical (unpaired) electrons. The average molecular weight is 571 g/mol. The summed E-state index contributed by atoms with van der Waals surface area (Å²) in [6.07, 6.45) is 1.81. The second kappa shape index (κ2) is 12.7. The summed E-state index contributed by atoms with van der Waals surface area (Å²) in [4.78, 5) is 18.4. The fourth-order valence-corrected chi connectivity index (χ4v) is 5.51. The van der Waals surface area contributed by atoms with Crippen molar-refractivity contribution in [3.8, 4) is 11.5 Å². The summed E-state index contributed by atoms with van der Waals surface area (Å²) in [6.45, 7) is 5.74. The lowest BCUT2D eigenvalue weighted by molar-refractivity contribution is 0.0904. The van der Waals surface area contributed by atoms with E-state index in [2.05, 4.69) is 43.7 Å². The summed E-state index contributed by atoms with van der Waals surface area (Å²) in [7, 11) is 3.80. The van der Waals surface area contributed by atoms with Crippen LogP contribution in [0, 0.1) is 0 Å². The van der Waals surface area contributed by atoms with Crippen molar-refractivity contribution in [2.75, 3.05) is 69.1 Å². The first-order valence-corrected chi connectivity index (χ1v) is 14.5. The molecule has 2 aliphatic rings. The number of likely N-dealkylation sites (N-methyl/N-ethyl adjacent to an activating group) is 1. The van der Waals surface area contributed by atoms with Gasteiger partial charge in [-0.2, -0.15) is 5.10 Å². The fourth-order valence-electron chi connectivity index (χ4n) is 5.51. The number of anilines is 3. The van der Waals surface area contributed by atoms with Crippen molar-refractivity contribution in [1.29, 1.82) is 0 Å². The fraction of sp³-hybridized carbons (Fsp3) is 0.375. The van der Waals surface area contributed by atoms with Crippen molar-refractivity contribution in [2.24, 2.45) is 0 Å². The highest BCUT2D eigenvalue weighted by Gasteiger charge is 2.22. The molecule has 0 spiro atoms. The molecule has 220 valence electrons. The topological polar surface area (TPSA) is 104 Å². The molecule has 3 heterocycles. The Hall–Kier alpha value is -4.28. The van der Waals surface area contributed by atoms with Crippen LogP contribution in [0.5, 0.6) is 11.5 Å². The summed E-state index contributed by atoms with van der Waals surface area (Å²) in [5, 5.41) is 14.9. The normalized spacial score (nSPS) is 16.4. The third-order valence-electron chi connectivity index (χ3n) is 8.05. The number of piperazine rings is 1. The van der Waals surface area contributed by atoms with Gasteiger partial charge in [-0.15, -0.1) is 0 Å². The Morgan fingerprint density at radius 1 is 1.05 bits per heavy atom. The van der Waals surface area contributed by atoms with E-state index in [4.69, 9.17) is 14.2 Å². The number of methoxy groups -OCH3 is 1. The number of nitrogens with zero attached hydrogens (tertiary/aromatic N) is 3. The van der Waals surface area contributed by atoms with Gasteiger partial charge in [0.2, 0.25) is 0 Å². The van der Waals surface area contributed by atoms with Gasteiger partial charge in [-0.3, -0.25) is 9.89 Å². The van der Waals surface area contributed by atoms with Crippen LogP contribution in [-0.4, -0.2) is 80.6 Å². The van der Waals surface area contributed by atoms with Crippen LogP contribution < -0.4 is 25.0 Å². The first-order chi connectivity index (χ1) is 20.6. The standard InChI is InChI=1S/C32H38N6O4/c1-37-13-15-38(16-14-37)24-7-9-26(29(19-24)33-23-11-17-41-18-12-23)32(39)34-31-27-20-25(8-10-28(27)35-36-31)42-21-22-5-3-4-6-30(22)40-2/h3-10,19-20,23,33H,11-18,21H2,1-2H3,(H2,34,35,36,39). The molecule has 10 nitrogen and oxygen atoms in total. The van der Waals surface area contributed by atoms with Crippen LogP contribution in [0.1, 0.15) is 28.8 Å². The molecule has 3 aromatic carbocycles. The molecule has 4 aromatic rings. The number of benzene rings is 3. The van der Waals surface area contributed by atoms with Crippen molar-refractivity contribution in [1.82, 2.24) is 15.1 Å². The first-order valence-electron chi connectivity index (χ1n) is 14.5. The number of amides is 1. The largest absolute Gasteiger partial charge is 0.496 e. The molecule has 2 saturated heterocycles. The molecule has 2 fully saturated rings. The van der Waals surface area contributed by atoms with Crippen molar-refractivity contribution in [3.63, 3.8) is 0 Å². The monoisotopic (exact) mass is 570 g/mol. The van der Waals surface area contributed by atoms with Gasteiger partial charge in [0.25, 0.3) is 5.91 Å².